The molecule has 4 nitrogen and oxygen atoms in total. The van der Waals surface area contributed by atoms with Crippen molar-refractivity contribution in [3.05, 3.63) is 39.1 Å². The van der Waals surface area contributed by atoms with Gasteiger partial charge < -0.3 is 5.11 Å². The molecule has 1 heterocycles. The number of rotatable bonds is 5. The maximum absolute atomic E-state index is 11.0. The van der Waals surface area contributed by atoms with E-state index < -0.39 is 12.0 Å². The number of carboxylic acid groups (broad SMARTS) is 1. The molecule has 0 amide bonds. The number of aryl methyl sites for hydroxylation is 2. The number of nitrogens with zero attached hydrogens (tertiary/aromatic N) is 1. The Morgan fingerprint density at radius 3 is 2.90 bits per heavy atom. The molecule has 0 radical (unpaired) electrons. The van der Waals surface area contributed by atoms with E-state index in [1.165, 1.54) is 33.4 Å². The van der Waals surface area contributed by atoms with E-state index in [2.05, 4.69) is 11.2 Å². The van der Waals surface area contributed by atoms with E-state index in [1.54, 1.807) is 11.3 Å². The Morgan fingerprint density at radius 1 is 1.33 bits per heavy atom. The van der Waals surface area contributed by atoms with E-state index in [4.69, 9.17) is 5.11 Å². The summed E-state index contributed by atoms with van der Waals surface area (Å²) in [4.78, 5) is 23.1. The Bertz CT molecular complexity index is 692. The van der Waals surface area contributed by atoms with Crippen LogP contribution in [0.5, 0.6) is 0 Å². The molecule has 2 aromatic rings. The van der Waals surface area contributed by atoms with Crippen molar-refractivity contribution in [2.45, 2.75) is 44.6 Å². The van der Waals surface area contributed by atoms with E-state index in [9.17, 15) is 9.70 Å². The van der Waals surface area contributed by atoms with Crippen LogP contribution >= 0.6 is 11.3 Å². The Hall–Kier alpha value is -1.75. The van der Waals surface area contributed by atoms with Crippen molar-refractivity contribution in [1.82, 2.24) is 0 Å². The van der Waals surface area contributed by atoms with Crippen molar-refractivity contribution in [2.75, 3.05) is 0 Å². The summed E-state index contributed by atoms with van der Waals surface area (Å²) in [6, 6.07) is 5.46. The lowest BCUT2D eigenvalue weighted by Gasteiger charge is -2.10. The maximum atomic E-state index is 11.0. The number of carboxylic acids is 1. The highest BCUT2D eigenvalue weighted by molar-refractivity contribution is 7.19. The van der Waals surface area contributed by atoms with Gasteiger partial charge in [-0.3, -0.25) is 4.79 Å². The van der Waals surface area contributed by atoms with Gasteiger partial charge in [0.1, 0.15) is 6.04 Å². The molecule has 1 aliphatic rings. The number of hydrogen-bond donors (Lipinski definition) is 1. The van der Waals surface area contributed by atoms with Gasteiger partial charge in [0.2, 0.25) is 0 Å². The van der Waals surface area contributed by atoms with Crippen LogP contribution in [0.3, 0.4) is 0 Å². The van der Waals surface area contributed by atoms with Crippen molar-refractivity contribution in [2.24, 2.45) is 5.18 Å². The summed E-state index contributed by atoms with van der Waals surface area (Å²) in [6.45, 7) is 0. The predicted molar refractivity (Wildman–Crippen MR) is 83.9 cm³/mol. The van der Waals surface area contributed by atoms with Crippen LogP contribution in [-0.4, -0.2) is 11.1 Å². The van der Waals surface area contributed by atoms with Crippen LogP contribution in [0.4, 0.5) is 0 Å². The molecule has 110 valence electrons. The second-order valence-electron chi connectivity index (χ2n) is 5.52. The summed E-state index contributed by atoms with van der Waals surface area (Å²) >= 11 is 1.81. The van der Waals surface area contributed by atoms with Gasteiger partial charge in [0.05, 0.1) is 0 Å². The predicted octanol–water partition coefficient (Wildman–Crippen LogP) is 4.45. The second-order valence-corrected chi connectivity index (χ2v) is 6.66. The fourth-order valence-corrected chi connectivity index (χ4v) is 4.37. The summed E-state index contributed by atoms with van der Waals surface area (Å²) in [7, 11) is 0. The first kappa shape index (κ1) is 14.2. The third-order valence-corrected chi connectivity index (χ3v) is 5.38. The second kappa shape index (κ2) is 5.93. The average Bonchev–Trinajstić information content (AvgIpc) is 2.85. The molecule has 1 aromatic heterocycles. The van der Waals surface area contributed by atoms with Crippen LogP contribution in [-0.2, 0) is 17.6 Å². The molecule has 0 fully saturated rings. The number of fused-ring (bicyclic) bond motifs is 3. The molecule has 0 aliphatic heterocycles. The summed E-state index contributed by atoms with van der Waals surface area (Å²) in [5.74, 6) is -0.892. The zero-order valence-corrected chi connectivity index (χ0v) is 12.5. The quantitative estimate of drug-likeness (QED) is 0.830. The van der Waals surface area contributed by atoms with Gasteiger partial charge in [-0.1, -0.05) is 17.3 Å². The monoisotopic (exact) mass is 303 g/mol. The smallest absolute Gasteiger partial charge is 0.303 e. The van der Waals surface area contributed by atoms with Crippen molar-refractivity contribution < 1.29 is 9.90 Å². The van der Waals surface area contributed by atoms with Gasteiger partial charge >= 0.3 is 5.97 Å². The van der Waals surface area contributed by atoms with Crippen LogP contribution in [0.15, 0.2) is 23.4 Å². The number of aliphatic carboxylic acids is 1. The van der Waals surface area contributed by atoms with Gasteiger partial charge in [-0.05, 0) is 54.7 Å². The first-order valence-electron chi connectivity index (χ1n) is 7.27. The highest BCUT2D eigenvalue weighted by Gasteiger charge is 2.19. The Kier molecular flexibility index (Phi) is 4.01. The summed E-state index contributed by atoms with van der Waals surface area (Å²) in [5.41, 5.74) is 2.30. The maximum Gasteiger partial charge on any atom is 0.303 e. The molecule has 1 unspecified atom stereocenters. The van der Waals surface area contributed by atoms with Gasteiger partial charge in [0.25, 0.3) is 0 Å². The third-order valence-electron chi connectivity index (χ3n) is 4.12. The van der Waals surface area contributed by atoms with E-state index in [1.807, 2.05) is 12.1 Å². The molecule has 5 heteroatoms. The third kappa shape index (κ3) is 2.83. The topological polar surface area (TPSA) is 66.7 Å². The molecule has 3 rings (SSSR count). The van der Waals surface area contributed by atoms with Crippen LogP contribution in [0.25, 0.3) is 10.1 Å². The zero-order valence-electron chi connectivity index (χ0n) is 11.7. The number of nitroso groups, excluding NO2 is 1. The first-order valence-corrected chi connectivity index (χ1v) is 8.09. The van der Waals surface area contributed by atoms with Crippen molar-refractivity contribution >= 4 is 27.4 Å². The molecular weight excluding hydrogens is 286 g/mol. The molecule has 1 N–H and O–H groups in total. The number of benzene rings is 1. The Labute approximate surface area is 126 Å². The van der Waals surface area contributed by atoms with E-state index in [0.717, 1.165) is 18.4 Å². The van der Waals surface area contributed by atoms with E-state index >= 15 is 0 Å². The molecule has 0 saturated carbocycles. The molecule has 0 spiro atoms. The normalized spacial score (nSPS) is 15.6. The van der Waals surface area contributed by atoms with Gasteiger partial charge in [0.15, 0.2) is 0 Å². The largest absolute Gasteiger partial charge is 0.481 e. The molecule has 21 heavy (non-hydrogen) atoms. The minimum Gasteiger partial charge on any atom is -0.481 e. The van der Waals surface area contributed by atoms with E-state index in [0.29, 0.717) is 0 Å². The first-order chi connectivity index (χ1) is 10.2. The van der Waals surface area contributed by atoms with Gasteiger partial charge in [-0.25, -0.2) is 0 Å². The standard InChI is InChI=1S/C16H17NO3S/c18-16(19)8-7-13(17-20)10-5-6-12-11-3-1-2-4-14(11)21-15(12)9-10/h5-6,9,13H,1-4,7-8H2,(H,18,19). The fourth-order valence-electron chi connectivity index (χ4n) is 3.03. The highest BCUT2D eigenvalue weighted by Crippen LogP contribution is 2.38. The molecule has 1 aromatic carbocycles. The minimum absolute atomic E-state index is 0.0324. The van der Waals surface area contributed by atoms with Gasteiger partial charge in [-0.2, -0.15) is 4.91 Å². The number of carbonyl (C=O) groups is 1. The Morgan fingerprint density at radius 2 is 2.14 bits per heavy atom. The average molecular weight is 303 g/mol. The lowest BCUT2D eigenvalue weighted by Crippen LogP contribution is -2.01. The summed E-state index contributed by atoms with van der Waals surface area (Å²) < 4.78 is 1.20. The molecule has 1 atom stereocenters. The molecular formula is C16H17NO3S. The highest BCUT2D eigenvalue weighted by atomic mass is 32.1. The van der Waals surface area contributed by atoms with Crippen molar-refractivity contribution in [3.8, 4) is 0 Å². The van der Waals surface area contributed by atoms with Crippen molar-refractivity contribution in [1.29, 1.82) is 0 Å². The molecule has 0 bridgehead atoms. The number of thiophene rings is 1. The minimum atomic E-state index is -0.892. The van der Waals surface area contributed by atoms with Gasteiger partial charge in [-0.15, -0.1) is 11.3 Å². The SMILES string of the molecule is O=NC(CCC(=O)O)c1ccc2c3c(sc2c1)CCCC3. The zero-order chi connectivity index (χ0) is 14.8. The van der Waals surface area contributed by atoms with Crippen LogP contribution in [0, 0.1) is 4.91 Å². The fraction of sp³-hybridized carbons (Fsp3) is 0.438. The lowest BCUT2D eigenvalue weighted by molar-refractivity contribution is -0.137. The van der Waals surface area contributed by atoms with Crippen LogP contribution in [0.1, 0.15) is 47.7 Å². The number of hydrogen-bond acceptors (Lipinski definition) is 4. The van der Waals surface area contributed by atoms with Gasteiger partial charge in [0, 0.05) is 16.0 Å². The van der Waals surface area contributed by atoms with Crippen LogP contribution < -0.4 is 0 Å². The van der Waals surface area contributed by atoms with Crippen molar-refractivity contribution in [3.63, 3.8) is 0 Å². The lowest BCUT2D eigenvalue weighted by atomic mass is 9.95. The summed E-state index contributed by atoms with van der Waals surface area (Å²) in [6.07, 6.45) is 5.02. The Balaban J connectivity index is 1.92. The van der Waals surface area contributed by atoms with E-state index in [-0.39, 0.29) is 12.8 Å². The van der Waals surface area contributed by atoms with Crippen LogP contribution in [0.2, 0.25) is 0 Å². The molecule has 0 saturated heterocycles. The molecule has 1 aliphatic carbocycles. The summed E-state index contributed by atoms with van der Waals surface area (Å²) in [5, 5.41) is 13.1.